The number of anilines is 3. The lowest BCUT2D eigenvalue weighted by molar-refractivity contribution is -0.137. The van der Waals surface area contributed by atoms with Gasteiger partial charge in [0.2, 0.25) is 0 Å². The van der Waals surface area contributed by atoms with E-state index in [0.717, 1.165) is 40.0 Å². The predicted octanol–water partition coefficient (Wildman–Crippen LogP) is 6.02. The second kappa shape index (κ2) is 12.5. The van der Waals surface area contributed by atoms with Gasteiger partial charge in [-0.1, -0.05) is 12.6 Å². The van der Waals surface area contributed by atoms with Crippen LogP contribution in [0.1, 0.15) is 32.9 Å². The summed E-state index contributed by atoms with van der Waals surface area (Å²) in [7, 11) is 0. The van der Waals surface area contributed by atoms with Crippen molar-refractivity contribution in [3.05, 3.63) is 82.9 Å². The van der Waals surface area contributed by atoms with Crippen LogP contribution < -0.4 is 16.0 Å². The number of nitrogens with zero attached hydrogens (tertiary/aromatic N) is 4. The van der Waals surface area contributed by atoms with E-state index in [2.05, 4.69) is 32.7 Å². The van der Waals surface area contributed by atoms with E-state index in [9.17, 15) is 18.0 Å². The number of aryl methyl sites for hydroxylation is 1. The average Bonchev–Trinajstić information content (AvgIpc) is 3.41. The summed E-state index contributed by atoms with van der Waals surface area (Å²) in [5, 5.41) is 12.3. The van der Waals surface area contributed by atoms with Crippen LogP contribution in [0.2, 0.25) is 0 Å². The van der Waals surface area contributed by atoms with E-state index < -0.39 is 11.7 Å². The number of nitrogen functional groups attached to an aromatic ring is 1. The number of nitriles is 1. The van der Waals surface area contributed by atoms with Gasteiger partial charge < -0.3 is 20.4 Å². The lowest BCUT2D eigenvalue weighted by Gasteiger charge is -2.35. The smallest absolute Gasteiger partial charge is 0.416 e. The number of nitrogens with one attached hydrogen (secondary N) is 1. The first-order valence-corrected chi connectivity index (χ1v) is 13.2. The number of pyridine rings is 1. The minimum Gasteiger partial charge on any atom is -0.467 e. The summed E-state index contributed by atoms with van der Waals surface area (Å²) < 4.78 is 44.2. The number of halogens is 3. The summed E-state index contributed by atoms with van der Waals surface area (Å²) in [6.07, 6.45) is -2.85. The van der Waals surface area contributed by atoms with E-state index in [1.54, 1.807) is 12.1 Å². The maximum absolute atomic E-state index is 13.1. The molecule has 8 nitrogen and oxygen atoms in total. The number of hydrogen-bond acceptors (Lipinski definition) is 8. The molecule has 12 heteroatoms. The molecule has 4 aromatic rings. The van der Waals surface area contributed by atoms with E-state index in [1.165, 1.54) is 23.8 Å². The van der Waals surface area contributed by atoms with Crippen molar-refractivity contribution in [1.82, 2.24) is 9.88 Å². The highest BCUT2D eigenvalue weighted by atomic mass is 32.1. The van der Waals surface area contributed by atoms with Gasteiger partial charge in [0, 0.05) is 54.3 Å². The number of aromatic nitrogens is 1. The number of nitrogens with two attached hydrogens (primary N) is 1. The zero-order chi connectivity index (χ0) is 29.7. The second-order valence-electron chi connectivity index (χ2n) is 9.59. The van der Waals surface area contributed by atoms with Crippen LogP contribution in [0.15, 0.2) is 59.2 Å². The first kappa shape index (κ1) is 29.8. The number of fused-ring (bicyclic) bond motifs is 1. The standard InChI is InChI=1S/C28H28F3N5O2.CHNS/c1-17-18(2)33-24-8-5-20(15-23(24)26(17)32)34-27(37)22-9-14-38-25(22)16-35-10-12-36(13-11-35)21-6-3-19(4-7-21)28(29,30)31;2-1-3/h3-9,14-15H,10-13,16H2,1-2H3,(H2,32,33)(H,34,37);3H. The van der Waals surface area contributed by atoms with Crippen LogP contribution >= 0.6 is 12.6 Å². The Morgan fingerprint density at radius 1 is 1.12 bits per heavy atom. The molecule has 1 saturated heterocycles. The molecule has 0 spiro atoms. The van der Waals surface area contributed by atoms with Gasteiger partial charge >= 0.3 is 6.18 Å². The number of carbonyl (C=O) groups excluding carboxylic acids is 1. The summed E-state index contributed by atoms with van der Waals surface area (Å²) >= 11 is 3.09. The van der Waals surface area contributed by atoms with Crippen LogP contribution in [0.3, 0.4) is 0 Å². The Morgan fingerprint density at radius 3 is 2.41 bits per heavy atom. The zero-order valence-corrected chi connectivity index (χ0v) is 23.4. The molecule has 0 saturated carbocycles. The second-order valence-corrected chi connectivity index (χ2v) is 9.79. The minimum atomic E-state index is -4.35. The van der Waals surface area contributed by atoms with E-state index >= 15 is 0 Å². The molecule has 3 heterocycles. The normalized spacial score (nSPS) is 13.8. The van der Waals surface area contributed by atoms with Crippen LogP contribution in [0.25, 0.3) is 10.9 Å². The molecule has 0 aliphatic carbocycles. The average molecular weight is 583 g/mol. The van der Waals surface area contributed by atoms with Gasteiger partial charge in [-0.05, 0) is 67.9 Å². The molecule has 0 atom stereocenters. The van der Waals surface area contributed by atoms with Crippen molar-refractivity contribution in [3.8, 4) is 5.40 Å². The molecule has 1 amide bonds. The van der Waals surface area contributed by atoms with E-state index in [4.69, 9.17) is 15.4 Å². The molecule has 1 fully saturated rings. The van der Waals surface area contributed by atoms with Gasteiger partial charge in [0.15, 0.2) is 0 Å². The van der Waals surface area contributed by atoms with Crippen molar-refractivity contribution in [2.75, 3.05) is 42.1 Å². The number of alkyl halides is 3. The molecule has 3 N–H and O–H groups in total. The van der Waals surface area contributed by atoms with E-state index in [-0.39, 0.29) is 5.91 Å². The lowest BCUT2D eigenvalue weighted by Crippen LogP contribution is -2.46. The molecule has 214 valence electrons. The topological polar surface area (TPSA) is 111 Å². The molecule has 5 rings (SSSR count). The lowest BCUT2D eigenvalue weighted by atomic mass is 10.1. The number of thiocyanates is 1. The zero-order valence-electron chi connectivity index (χ0n) is 22.5. The van der Waals surface area contributed by atoms with Gasteiger partial charge in [-0.3, -0.25) is 14.7 Å². The highest BCUT2D eigenvalue weighted by molar-refractivity contribution is 7.85. The molecule has 0 bridgehead atoms. The van der Waals surface area contributed by atoms with Crippen molar-refractivity contribution >= 4 is 46.5 Å². The number of furan rings is 1. The van der Waals surface area contributed by atoms with Gasteiger partial charge in [-0.2, -0.15) is 18.4 Å². The van der Waals surface area contributed by atoms with E-state index in [1.807, 2.05) is 26.0 Å². The van der Waals surface area contributed by atoms with Gasteiger partial charge in [-0.15, -0.1) is 0 Å². The fraction of sp³-hybridized carbons (Fsp3) is 0.276. The van der Waals surface area contributed by atoms with Crippen LogP contribution in [-0.4, -0.2) is 42.0 Å². The van der Waals surface area contributed by atoms with Gasteiger partial charge in [0.25, 0.3) is 5.91 Å². The van der Waals surface area contributed by atoms with Crippen molar-refractivity contribution < 1.29 is 22.4 Å². The number of hydrogen-bond donors (Lipinski definition) is 3. The molecule has 2 aromatic carbocycles. The van der Waals surface area contributed by atoms with Gasteiger partial charge in [-0.25, -0.2) is 0 Å². The Labute approximate surface area is 241 Å². The first-order chi connectivity index (χ1) is 19.5. The third-order valence-electron chi connectivity index (χ3n) is 7.07. The largest absolute Gasteiger partial charge is 0.467 e. The number of rotatable bonds is 5. The summed E-state index contributed by atoms with van der Waals surface area (Å²) in [5.74, 6) is 0.269. The summed E-state index contributed by atoms with van der Waals surface area (Å²) in [6, 6.07) is 12.3. The van der Waals surface area contributed by atoms with Crippen molar-refractivity contribution in [2.24, 2.45) is 0 Å². The Kier molecular flexibility index (Phi) is 9.10. The van der Waals surface area contributed by atoms with Crippen molar-refractivity contribution in [1.29, 1.82) is 5.26 Å². The number of benzene rings is 2. The minimum absolute atomic E-state index is 0.285. The Morgan fingerprint density at radius 2 is 1.78 bits per heavy atom. The summed E-state index contributed by atoms with van der Waals surface area (Å²) in [4.78, 5) is 21.9. The highest BCUT2D eigenvalue weighted by Gasteiger charge is 2.30. The SMILES string of the molecule is Cc1nc2ccc(NC(=O)c3ccoc3CN3CCN(c4ccc(C(F)(F)F)cc4)CC3)cc2c(N)c1C.N#CS. The van der Waals surface area contributed by atoms with Crippen LogP contribution in [0.5, 0.6) is 0 Å². The molecule has 0 unspecified atom stereocenters. The number of carbonyl (C=O) groups is 1. The molecule has 2 aromatic heterocycles. The van der Waals surface area contributed by atoms with Crippen LogP contribution in [-0.2, 0) is 12.7 Å². The van der Waals surface area contributed by atoms with Crippen molar-refractivity contribution in [3.63, 3.8) is 0 Å². The van der Waals surface area contributed by atoms with Crippen LogP contribution in [0.4, 0.5) is 30.2 Å². The third kappa shape index (κ3) is 6.93. The molecule has 1 aliphatic rings. The van der Waals surface area contributed by atoms with Gasteiger partial charge in [0.1, 0.15) is 11.2 Å². The van der Waals surface area contributed by atoms with E-state index in [0.29, 0.717) is 55.4 Å². The number of amides is 1. The maximum Gasteiger partial charge on any atom is 0.416 e. The third-order valence-corrected chi connectivity index (χ3v) is 7.07. The summed E-state index contributed by atoms with van der Waals surface area (Å²) in [5.41, 5.74) is 10.6. The molecular weight excluding hydrogens is 553 g/mol. The Bertz CT molecular complexity index is 1570. The Balaban J connectivity index is 0.00000124. The monoisotopic (exact) mass is 582 g/mol. The first-order valence-electron chi connectivity index (χ1n) is 12.7. The van der Waals surface area contributed by atoms with Crippen molar-refractivity contribution in [2.45, 2.75) is 26.6 Å². The molecule has 0 radical (unpaired) electrons. The van der Waals surface area contributed by atoms with Crippen LogP contribution in [0, 0.1) is 24.5 Å². The molecule has 1 aliphatic heterocycles. The fourth-order valence-corrected chi connectivity index (χ4v) is 4.68. The molecule has 41 heavy (non-hydrogen) atoms. The van der Waals surface area contributed by atoms with Gasteiger partial charge in [0.05, 0.1) is 29.5 Å². The fourth-order valence-electron chi connectivity index (χ4n) is 4.68. The number of thiol groups is 1. The maximum atomic E-state index is 13.1. The Hall–Kier alpha value is -4.21. The molecular formula is C29H29F3N6O2S. The summed E-state index contributed by atoms with van der Waals surface area (Å²) in [6.45, 7) is 6.94. The predicted molar refractivity (Wildman–Crippen MR) is 156 cm³/mol. The number of piperazine rings is 1. The quantitative estimate of drug-likeness (QED) is 0.195. The highest BCUT2D eigenvalue weighted by Crippen LogP contribution is 2.31.